The molecule has 0 aliphatic rings. The highest BCUT2D eigenvalue weighted by Crippen LogP contribution is 1.90. The van der Waals surface area contributed by atoms with E-state index in [1.807, 2.05) is 20.8 Å². The summed E-state index contributed by atoms with van der Waals surface area (Å²) >= 11 is 0. The van der Waals surface area contributed by atoms with Gasteiger partial charge in [0.25, 0.3) is 0 Å². The second-order valence-corrected chi connectivity index (χ2v) is 3.60. The molecule has 0 aliphatic heterocycles. The molecule has 0 fully saturated rings. The highest BCUT2D eigenvalue weighted by atomic mass is 16.1. The van der Waals surface area contributed by atoms with Crippen molar-refractivity contribution in [1.82, 2.24) is 0 Å². The smallest absolute Gasteiger partial charge is 0.152 e. The van der Waals surface area contributed by atoms with E-state index >= 15 is 0 Å². The Kier molecular flexibility index (Phi) is 10.4. The van der Waals surface area contributed by atoms with Crippen LogP contribution in [0, 0.1) is 5.92 Å². The molecular formula is C12H22O. The molecule has 13 heavy (non-hydrogen) atoms. The van der Waals surface area contributed by atoms with Crippen LogP contribution in [0.5, 0.6) is 0 Å². The first-order valence-corrected chi connectivity index (χ1v) is 4.68. The van der Waals surface area contributed by atoms with E-state index < -0.39 is 0 Å². The van der Waals surface area contributed by atoms with Gasteiger partial charge in [-0.1, -0.05) is 31.6 Å². The number of rotatable bonds is 2. The summed E-state index contributed by atoms with van der Waals surface area (Å²) in [4.78, 5) is 10.2. The summed E-state index contributed by atoms with van der Waals surface area (Å²) in [6.07, 6.45) is 5.85. The summed E-state index contributed by atoms with van der Waals surface area (Å²) in [5, 5.41) is 0. The summed E-state index contributed by atoms with van der Waals surface area (Å²) in [5.74, 6) is 0.843. The Bertz CT molecular complexity index is 181. The van der Waals surface area contributed by atoms with Crippen molar-refractivity contribution in [3.63, 3.8) is 0 Å². The minimum absolute atomic E-state index is 0.125. The second-order valence-electron chi connectivity index (χ2n) is 3.60. The van der Waals surface area contributed by atoms with Crippen LogP contribution in [0.2, 0.25) is 0 Å². The first-order valence-electron chi connectivity index (χ1n) is 4.68. The molecule has 0 aliphatic carbocycles. The molecule has 0 atom stereocenters. The Morgan fingerprint density at radius 3 is 1.62 bits per heavy atom. The maximum atomic E-state index is 10.2. The molecule has 0 aromatic heterocycles. The van der Waals surface area contributed by atoms with Crippen molar-refractivity contribution < 1.29 is 4.79 Å². The van der Waals surface area contributed by atoms with Crippen molar-refractivity contribution in [3.05, 3.63) is 23.8 Å². The molecule has 0 heterocycles. The van der Waals surface area contributed by atoms with E-state index in [1.165, 1.54) is 0 Å². The van der Waals surface area contributed by atoms with Gasteiger partial charge in [-0.3, -0.25) is 4.79 Å². The zero-order valence-corrected chi connectivity index (χ0v) is 9.72. The molecule has 0 radical (unpaired) electrons. The van der Waals surface area contributed by atoms with Crippen LogP contribution >= 0.6 is 0 Å². The van der Waals surface area contributed by atoms with E-state index in [0.717, 1.165) is 11.5 Å². The fourth-order valence-corrected chi connectivity index (χ4v) is 0.791. The van der Waals surface area contributed by atoms with Crippen molar-refractivity contribution in [2.24, 2.45) is 5.92 Å². The Morgan fingerprint density at radius 2 is 1.62 bits per heavy atom. The molecule has 0 unspecified atom stereocenters. The Balaban J connectivity index is 0. The standard InChI is InChI=1S/C6H10O.C6H12/c1-5(2)4-6(3)7;1-4-5-6(2)3/h4H,1-3H3;4-6H,1-3H3. The topological polar surface area (TPSA) is 17.1 Å². The van der Waals surface area contributed by atoms with Crippen molar-refractivity contribution in [2.45, 2.75) is 41.5 Å². The van der Waals surface area contributed by atoms with Crippen LogP contribution in [-0.4, -0.2) is 5.78 Å². The Labute approximate surface area is 82.5 Å². The molecule has 0 aromatic carbocycles. The lowest BCUT2D eigenvalue weighted by atomic mass is 10.2. The Morgan fingerprint density at radius 1 is 1.15 bits per heavy atom. The summed E-state index contributed by atoms with van der Waals surface area (Å²) in [5.41, 5.74) is 1.06. The molecule has 0 aromatic rings. The average molecular weight is 182 g/mol. The second kappa shape index (κ2) is 9.24. The minimum Gasteiger partial charge on any atom is -0.295 e. The van der Waals surface area contributed by atoms with Crippen LogP contribution in [0.15, 0.2) is 23.8 Å². The number of allylic oxidation sites excluding steroid dienone is 4. The first kappa shape index (κ1) is 14.7. The molecule has 0 N–H and O–H groups in total. The minimum atomic E-state index is 0.125. The molecule has 1 nitrogen and oxygen atoms in total. The van der Waals surface area contributed by atoms with Gasteiger partial charge in [-0.25, -0.2) is 0 Å². The maximum absolute atomic E-state index is 10.2. The lowest BCUT2D eigenvalue weighted by Crippen LogP contribution is -1.80. The summed E-state index contributed by atoms with van der Waals surface area (Å²) in [6.45, 7) is 11.7. The highest BCUT2D eigenvalue weighted by molar-refractivity contribution is 5.87. The average Bonchev–Trinajstić information content (AvgIpc) is 1.83. The lowest BCUT2D eigenvalue weighted by molar-refractivity contribution is -0.112. The van der Waals surface area contributed by atoms with Gasteiger partial charge < -0.3 is 0 Å². The number of ketones is 1. The molecule has 0 saturated carbocycles. The quantitative estimate of drug-likeness (QED) is 0.469. The van der Waals surface area contributed by atoms with Crippen LogP contribution in [0.25, 0.3) is 0 Å². The van der Waals surface area contributed by atoms with E-state index in [1.54, 1.807) is 13.0 Å². The third-order valence-electron chi connectivity index (χ3n) is 1.07. The van der Waals surface area contributed by atoms with Crippen molar-refractivity contribution in [3.8, 4) is 0 Å². The third-order valence-corrected chi connectivity index (χ3v) is 1.07. The molecule has 0 bridgehead atoms. The zero-order chi connectivity index (χ0) is 10.9. The van der Waals surface area contributed by atoms with Gasteiger partial charge in [0.05, 0.1) is 0 Å². The van der Waals surface area contributed by atoms with Gasteiger partial charge in [-0.05, 0) is 39.7 Å². The van der Waals surface area contributed by atoms with Crippen LogP contribution in [-0.2, 0) is 4.79 Å². The fraction of sp³-hybridized carbons (Fsp3) is 0.583. The molecule has 0 spiro atoms. The summed E-state index contributed by atoms with van der Waals surface area (Å²) in [7, 11) is 0. The van der Waals surface area contributed by atoms with Gasteiger partial charge >= 0.3 is 0 Å². The van der Waals surface area contributed by atoms with Gasteiger partial charge in [-0.2, -0.15) is 0 Å². The van der Waals surface area contributed by atoms with Crippen LogP contribution in [0.1, 0.15) is 41.5 Å². The van der Waals surface area contributed by atoms with Crippen molar-refractivity contribution in [1.29, 1.82) is 0 Å². The maximum Gasteiger partial charge on any atom is 0.152 e. The number of carbonyl (C=O) groups is 1. The van der Waals surface area contributed by atoms with Gasteiger partial charge in [-0.15, -0.1) is 0 Å². The van der Waals surface area contributed by atoms with E-state index in [2.05, 4.69) is 26.0 Å². The third kappa shape index (κ3) is 24.7. The largest absolute Gasteiger partial charge is 0.295 e. The fourth-order valence-electron chi connectivity index (χ4n) is 0.791. The van der Waals surface area contributed by atoms with E-state index in [9.17, 15) is 4.79 Å². The van der Waals surface area contributed by atoms with E-state index in [0.29, 0.717) is 0 Å². The van der Waals surface area contributed by atoms with Gasteiger partial charge in [0.15, 0.2) is 5.78 Å². The molecule has 1 heteroatoms. The van der Waals surface area contributed by atoms with Crippen molar-refractivity contribution in [2.75, 3.05) is 0 Å². The number of hydrogen-bond acceptors (Lipinski definition) is 1. The highest BCUT2D eigenvalue weighted by Gasteiger charge is 1.80. The van der Waals surface area contributed by atoms with Gasteiger partial charge in [0, 0.05) is 0 Å². The molecular weight excluding hydrogens is 160 g/mol. The first-order chi connectivity index (χ1) is 5.90. The zero-order valence-electron chi connectivity index (χ0n) is 9.72. The van der Waals surface area contributed by atoms with Gasteiger partial charge in [0.2, 0.25) is 0 Å². The Hall–Kier alpha value is -0.850. The van der Waals surface area contributed by atoms with Crippen LogP contribution in [0.4, 0.5) is 0 Å². The monoisotopic (exact) mass is 182 g/mol. The van der Waals surface area contributed by atoms with Crippen LogP contribution in [0.3, 0.4) is 0 Å². The molecule has 76 valence electrons. The molecule has 0 rings (SSSR count). The normalized spacial score (nSPS) is 9.46. The molecule has 0 amide bonds. The summed E-state index contributed by atoms with van der Waals surface area (Å²) < 4.78 is 0. The predicted octanol–water partition coefficient (Wildman–Crippen LogP) is 3.76. The summed E-state index contributed by atoms with van der Waals surface area (Å²) in [6, 6.07) is 0. The number of carbonyl (C=O) groups excluding carboxylic acids is 1. The van der Waals surface area contributed by atoms with Crippen LogP contribution < -0.4 is 0 Å². The predicted molar refractivity (Wildman–Crippen MR) is 59.8 cm³/mol. The number of hydrogen-bond donors (Lipinski definition) is 0. The van der Waals surface area contributed by atoms with E-state index in [4.69, 9.17) is 0 Å². The van der Waals surface area contributed by atoms with Gasteiger partial charge in [0.1, 0.15) is 0 Å². The van der Waals surface area contributed by atoms with Crippen molar-refractivity contribution >= 4 is 5.78 Å². The van der Waals surface area contributed by atoms with E-state index in [-0.39, 0.29) is 5.78 Å². The molecule has 0 saturated heterocycles. The lowest BCUT2D eigenvalue weighted by Gasteiger charge is -1.86. The SMILES string of the molecule is CC(=O)C=C(C)C.CC=CC(C)C.